The fraction of sp³-hybridized carbons (Fsp3) is 0.188. The van der Waals surface area contributed by atoms with Crippen LogP contribution in [-0.4, -0.2) is 34.4 Å². The highest BCUT2D eigenvalue weighted by Crippen LogP contribution is 2.37. The van der Waals surface area contributed by atoms with E-state index in [1.54, 1.807) is 30.2 Å². The largest absolute Gasteiger partial charge is 0.493 e. The molecule has 25 heavy (non-hydrogen) atoms. The number of aromatic nitrogens is 4. The molecule has 3 aromatic rings. The van der Waals surface area contributed by atoms with Gasteiger partial charge in [-0.15, -0.1) is 11.3 Å². The van der Waals surface area contributed by atoms with Crippen LogP contribution in [0.5, 0.6) is 11.5 Å². The molecular formula is C16H14BrN5O2S. The van der Waals surface area contributed by atoms with Crippen LogP contribution in [0.25, 0.3) is 5.70 Å². The second-order valence-electron chi connectivity index (χ2n) is 5.32. The number of nitrogens with zero attached hydrogens (tertiary/aromatic N) is 4. The van der Waals surface area contributed by atoms with Gasteiger partial charge in [-0.1, -0.05) is 11.2 Å². The molecule has 1 N–H and O–H groups in total. The summed E-state index contributed by atoms with van der Waals surface area (Å²) in [7, 11) is 3.24. The Labute approximate surface area is 156 Å². The molecule has 1 aliphatic heterocycles. The van der Waals surface area contributed by atoms with Gasteiger partial charge in [-0.3, -0.25) is 0 Å². The second-order valence-corrected chi connectivity index (χ2v) is 7.78. The summed E-state index contributed by atoms with van der Waals surface area (Å²) in [5.41, 5.74) is 1.97. The lowest BCUT2D eigenvalue weighted by atomic mass is 10.0. The van der Waals surface area contributed by atoms with Gasteiger partial charge in [0.15, 0.2) is 11.5 Å². The van der Waals surface area contributed by atoms with Gasteiger partial charge in [-0.25, -0.2) is 0 Å². The Morgan fingerprint density at radius 3 is 2.72 bits per heavy atom. The lowest BCUT2D eigenvalue weighted by Crippen LogP contribution is -2.20. The van der Waals surface area contributed by atoms with Crippen LogP contribution < -0.4 is 14.8 Å². The number of thiophene rings is 1. The average molecular weight is 420 g/mol. The Bertz CT molecular complexity index is 952. The summed E-state index contributed by atoms with van der Waals surface area (Å²) >= 11 is 5.15. The molecule has 4 rings (SSSR count). The molecule has 3 heterocycles. The highest BCUT2D eigenvalue weighted by atomic mass is 79.9. The predicted molar refractivity (Wildman–Crippen MR) is 99.1 cm³/mol. The Hall–Kier alpha value is -2.39. The van der Waals surface area contributed by atoms with Crippen molar-refractivity contribution in [1.82, 2.24) is 20.2 Å². The summed E-state index contributed by atoms with van der Waals surface area (Å²) in [5.74, 6) is 1.95. The number of hydrogen-bond acceptors (Lipinski definition) is 7. The van der Waals surface area contributed by atoms with Crippen molar-refractivity contribution in [3.8, 4) is 11.5 Å². The van der Waals surface area contributed by atoms with Gasteiger partial charge in [0.05, 0.1) is 28.6 Å². The average Bonchev–Trinajstić information content (AvgIpc) is 3.28. The lowest BCUT2D eigenvalue weighted by molar-refractivity contribution is 0.354. The normalized spacial score (nSPS) is 16.0. The second kappa shape index (κ2) is 6.49. The first kappa shape index (κ1) is 16.1. The van der Waals surface area contributed by atoms with E-state index in [2.05, 4.69) is 48.9 Å². The van der Waals surface area contributed by atoms with Gasteiger partial charge in [0.2, 0.25) is 5.95 Å². The van der Waals surface area contributed by atoms with Crippen LogP contribution in [0, 0.1) is 0 Å². The summed E-state index contributed by atoms with van der Waals surface area (Å²) < 4.78 is 13.6. The fourth-order valence-electron chi connectivity index (χ4n) is 2.73. The van der Waals surface area contributed by atoms with E-state index in [1.807, 2.05) is 24.3 Å². The Morgan fingerprint density at radius 1 is 1.16 bits per heavy atom. The smallest absolute Gasteiger partial charge is 0.248 e. The number of tetrazole rings is 1. The maximum atomic E-state index is 5.43. The van der Waals surface area contributed by atoms with Crippen molar-refractivity contribution >= 4 is 38.9 Å². The fourth-order valence-corrected chi connectivity index (χ4v) is 4.10. The van der Waals surface area contributed by atoms with Gasteiger partial charge in [0.25, 0.3) is 0 Å². The standard InChI is InChI=1S/C16H14BrN5O2S/c1-23-12-4-3-9(7-13(12)24-2)11-8-10(14-5-6-15(17)25-14)18-16-19-20-21-22(11)16/h3-8,11H,1-2H3,(H,18,19,21)/t11-/m0/s1. The molecule has 128 valence electrons. The molecule has 0 saturated carbocycles. The van der Waals surface area contributed by atoms with Gasteiger partial charge in [-0.05, 0) is 62.3 Å². The number of benzene rings is 1. The van der Waals surface area contributed by atoms with Crippen molar-refractivity contribution in [2.24, 2.45) is 0 Å². The number of anilines is 1. The SMILES string of the molecule is COc1ccc([C@@H]2C=C(c3ccc(Br)s3)Nc3nnnn32)cc1OC. The molecule has 0 bridgehead atoms. The van der Waals surface area contributed by atoms with Crippen molar-refractivity contribution < 1.29 is 9.47 Å². The van der Waals surface area contributed by atoms with E-state index < -0.39 is 0 Å². The number of rotatable bonds is 4. The Balaban J connectivity index is 1.80. The van der Waals surface area contributed by atoms with E-state index in [4.69, 9.17) is 9.47 Å². The first-order chi connectivity index (χ1) is 12.2. The molecule has 0 aliphatic carbocycles. The number of ether oxygens (including phenoxy) is 2. The van der Waals surface area contributed by atoms with Crippen molar-refractivity contribution in [2.45, 2.75) is 6.04 Å². The van der Waals surface area contributed by atoms with E-state index in [9.17, 15) is 0 Å². The molecule has 1 aromatic carbocycles. The molecule has 0 fully saturated rings. The lowest BCUT2D eigenvalue weighted by Gasteiger charge is -2.23. The molecule has 0 radical (unpaired) electrons. The summed E-state index contributed by atoms with van der Waals surface area (Å²) in [6, 6.07) is 9.74. The van der Waals surface area contributed by atoms with E-state index in [-0.39, 0.29) is 6.04 Å². The zero-order chi connectivity index (χ0) is 17.4. The van der Waals surface area contributed by atoms with Crippen molar-refractivity contribution in [3.63, 3.8) is 0 Å². The number of allylic oxidation sites excluding steroid dienone is 1. The molecule has 7 nitrogen and oxygen atoms in total. The van der Waals surface area contributed by atoms with Crippen LogP contribution >= 0.6 is 27.3 Å². The molecule has 0 spiro atoms. The first-order valence-electron chi connectivity index (χ1n) is 7.44. The summed E-state index contributed by atoms with van der Waals surface area (Å²) in [6.45, 7) is 0. The van der Waals surface area contributed by atoms with Gasteiger partial charge in [-0.2, -0.15) is 4.68 Å². The zero-order valence-corrected chi connectivity index (χ0v) is 15.8. The van der Waals surface area contributed by atoms with Crippen molar-refractivity contribution in [1.29, 1.82) is 0 Å². The highest BCUT2D eigenvalue weighted by Gasteiger charge is 2.25. The molecule has 0 amide bonds. The van der Waals surface area contributed by atoms with Crippen LogP contribution in [0.1, 0.15) is 16.5 Å². The third-order valence-corrected chi connectivity index (χ3v) is 5.57. The van der Waals surface area contributed by atoms with Gasteiger partial charge in [0, 0.05) is 0 Å². The molecule has 2 aromatic heterocycles. The summed E-state index contributed by atoms with van der Waals surface area (Å²) in [6.07, 6.45) is 2.10. The Morgan fingerprint density at radius 2 is 2.00 bits per heavy atom. The zero-order valence-electron chi connectivity index (χ0n) is 13.4. The topological polar surface area (TPSA) is 74.1 Å². The van der Waals surface area contributed by atoms with Crippen molar-refractivity contribution in [3.05, 3.63) is 50.6 Å². The Kier molecular flexibility index (Phi) is 4.18. The van der Waals surface area contributed by atoms with Gasteiger partial charge >= 0.3 is 0 Å². The minimum absolute atomic E-state index is 0.151. The molecule has 1 atom stereocenters. The van der Waals surface area contributed by atoms with Crippen LogP contribution in [0.2, 0.25) is 0 Å². The highest BCUT2D eigenvalue weighted by molar-refractivity contribution is 9.11. The number of hydrogen-bond donors (Lipinski definition) is 1. The summed E-state index contributed by atoms with van der Waals surface area (Å²) in [5, 5.41) is 15.3. The number of nitrogens with one attached hydrogen (secondary N) is 1. The molecule has 9 heteroatoms. The van der Waals surface area contributed by atoms with Crippen LogP contribution in [0.3, 0.4) is 0 Å². The van der Waals surface area contributed by atoms with E-state index in [0.717, 1.165) is 19.9 Å². The minimum atomic E-state index is -0.151. The maximum Gasteiger partial charge on any atom is 0.248 e. The van der Waals surface area contributed by atoms with Gasteiger partial charge < -0.3 is 14.8 Å². The molecule has 1 aliphatic rings. The maximum absolute atomic E-state index is 5.43. The van der Waals surface area contributed by atoms with Crippen LogP contribution in [-0.2, 0) is 0 Å². The number of methoxy groups -OCH3 is 2. The first-order valence-corrected chi connectivity index (χ1v) is 9.05. The number of fused-ring (bicyclic) bond motifs is 1. The predicted octanol–water partition coefficient (Wildman–Crippen LogP) is 3.57. The van der Waals surface area contributed by atoms with E-state index in [0.29, 0.717) is 17.4 Å². The minimum Gasteiger partial charge on any atom is -0.493 e. The quantitative estimate of drug-likeness (QED) is 0.696. The van der Waals surface area contributed by atoms with Gasteiger partial charge in [0.1, 0.15) is 6.04 Å². The van der Waals surface area contributed by atoms with Crippen molar-refractivity contribution in [2.75, 3.05) is 19.5 Å². The molecular weight excluding hydrogens is 406 g/mol. The molecule has 0 unspecified atom stereocenters. The third-order valence-electron chi connectivity index (χ3n) is 3.92. The third kappa shape index (κ3) is 2.89. The monoisotopic (exact) mass is 419 g/mol. The number of halogens is 1. The van der Waals surface area contributed by atoms with Crippen LogP contribution in [0.15, 0.2) is 40.2 Å². The van der Waals surface area contributed by atoms with E-state index >= 15 is 0 Å². The van der Waals surface area contributed by atoms with Crippen LogP contribution in [0.4, 0.5) is 5.95 Å². The summed E-state index contributed by atoms with van der Waals surface area (Å²) in [4.78, 5) is 1.10. The van der Waals surface area contributed by atoms with E-state index in [1.165, 1.54) is 0 Å². The molecule has 0 saturated heterocycles.